The van der Waals surface area contributed by atoms with Crippen molar-refractivity contribution in [3.05, 3.63) is 35.4 Å². The minimum absolute atomic E-state index is 0.0675. The molecule has 2 aliphatic rings. The van der Waals surface area contributed by atoms with Crippen LogP contribution < -0.4 is 4.90 Å². The van der Waals surface area contributed by atoms with Crippen LogP contribution in [0.3, 0.4) is 0 Å². The third kappa shape index (κ3) is 2.82. The molecule has 1 aromatic carbocycles. The lowest BCUT2D eigenvalue weighted by molar-refractivity contribution is 0.281. The lowest BCUT2D eigenvalue weighted by atomic mass is 10.1. The van der Waals surface area contributed by atoms with Gasteiger partial charge in [-0.15, -0.1) is 0 Å². The van der Waals surface area contributed by atoms with E-state index in [-0.39, 0.29) is 6.61 Å². The number of nitrogens with zero attached hydrogens (tertiary/aromatic N) is 2. The van der Waals surface area contributed by atoms with E-state index in [1.54, 1.807) is 0 Å². The number of anilines is 1. The molecule has 1 N–H and O–H groups in total. The van der Waals surface area contributed by atoms with Crippen molar-refractivity contribution in [1.82, 2.24) is 4.98 Å². The molecule has 2 fully saturated rings. The first-order chi connectivity index (χ1) is 10.7. The second-order valence-electron chi connectivity index (χ2n) is 7.07. The zero-order valence-corrected chi connectivity index (χ0v) is 13.3. The Morgan fingerprint density at radius 3 is 2.41 bits per heavy atom. The zero-order chi connectivity index (χ0) is 15.1. The minimum Gasteiger partial charge on any atom is -0.392 e. The second kappa shape index (κ2) is 5.54. The van der Waals surface area contributed by atoms with Gasteiger partial charge in [-0.25, -0.2) is 4.98 Å². The number of aryl methyl sites for hydroxylation is 1. The summed E-state index contributed by atoms with van der Waals surface area (Å²) in [5, 5.41) is 11.0. The van der Waals surface area contributed by atoms with Crippen molar-refractivity contribution in [2.75, 3.05) is 18.0 Å². The predicted molar refractivity (Wildman–Crippen MR) is 90.1 cm³/mol. The van der Waals surface area contributed by atoms with Crippen LogP contribution in [0, 0.1) is 18.8 Å². The molecule has 0 radical (unpaired) electrons. The molecular formula is C19H24N2O. The van der Waals surface area contributed by atoms with Crippen molar-refractivity contribution < 1.29 is 5.11 Å². The van der Waals surface area contributed by atoms with E-state index in [1.807, 2.05) is 0 Å². The van der Waals surface area contributed by atoms with Gasteiger partial charge >= 0.3 is 0 Å². The zero-order valence-electron chi connectivity index (χ0n) is 13.3. The lowest BCUT2D eigenvalue weighted by Gasteiger charge is -2.26. The number of benzene rings is 1. The number of rotatable bonds is 6. The maximum absolute atomic E-state index is 9.83. The van der Waals surface area contributed by atoms with Gasteiger partial charge < -0.3 is 10.0 Å². The summed E-state index contributed by atoms with van der Waals surface area (Å²) < 4.78 is 0. The highest BCUT2D eigenvalue weighted by atomic mass is 16.3. The van der Waals surface area contributed by atoms with Crippen LogP contribution >= 0.6 is 0 Å². The first-order valence-electron chi connectivity index (χ1n) is 8.49. The highest BCUT2D eigenvalue weighted by molar-refractivity contribution is 5.84. The quantitative estimate of drug-likeness (QED) is 0.883. The third-order valence-corrected chi connectivity index (χ3v) is 4.92. The molecule has 0 bridgehead atoms. The van der Waals surface area contributed by atoms with Crippen LogP contribution in [0.15, 0.2) is 24.3 Å². The maximum atomic E-state index is 9.83. The van der Waals surface area contributed by atoms with Gasteiger partial charge in [-0.1, -0.05) is 18.2 Å². The van der Waals surface area contributed by atoms with Gasteiger partial charge in [0.15, 0.2) is 0 Å². The summed E-state index contributed by atoms with van der Waals surface area (Å²) in [7, 11) is 0. The third-order valence-electron chi connectivity index (χ3n) is 4.92. The molecule has 1 aromatic heterocycles. The van der Waals surface area contributed by atoms with E-state index in [1.165, 1.54) is 31.2 Å². The summed E-state index contributed by atoms with van der Waals surface area (Å²) in [6.07, 6.45) is 5.40. The average Bonchev–Trinajstić information content (AvgIpc) is 3.42. The molecule has 2 aromatic rings. The molecule has 3 nitrogen and oxygen atoms in total. The minimum atomic E-state index is 0.0675. The SMILES string of the molecule is Cc1cccc2cc(CO)c(N(CC3CC3)CC3CC3)nc12. The predicted octanol–water partition coefficient (Wildman–Crippen LogP) is 3.66. The summed E-state index contributed by atoms with van der Waals surface area (Å²) in [5.74, 6) is 2.68. The Bertz CT molecular complexity index is 675. The largest absolute Gasteiger partial charge is 0.392 e. The molecule has 0 unspecified atom stereocenters. The smallest absolute Gasteiger partial charge is 0.134 e. The average molecular weight is 296 g/mol. The number of aromatic nitrogens is 1. The van der Waals surface area contributed by atoms with Crippen LogP contribution in [0.5, 0.6) is 0 Å². The van der Waals surface area contributed by atoms with E-state index < -0.39 is 0 Å². The Morgan fingerprint density at radius 2 is 1.82 bits per heavy atom. The number of pyridine rings is 1. The fraction of sp³-hybridized carbons (Fsp3) is 0.526. The maximum Gasteiger partial charge on any atom is 0.134 e. The molecule has 22 heavy (non-hydrogen) atoms. The molecule has 0 atom stereocenters. The Balaban J connectivity index is 1.76. The van der Waals surface area contributed by atoms with Crippen LogP contribution in [-0.2, 0) is 6.61 Å². The standard InChI is InChI=1S/C19H24N2O/c1-13-3-2-4-16-9-17(12-22)19(20-18(13)16)21(10-14-5-6-14)11-15-7-8-15/h2-4,9,14-15,22H,5-8,10-12H2,1H3. The lowest BCUT2D eigenvalue weighted by Crippen LogP contribution is -2.30. The number of para-hydroxylation sites is 1. The Kier molecular flexibility index (Phi) is 3.53. The van der Waals surface area contributed by atoms with Crippen molar-refractivity contribution in [3.8, 4) is 0 Å². The van der Waals surface area contributed by atoms with Gasteiger partial charge in [-0.2, -0.15) is 0 Å². The monoisotopic (exact) mass is 296 g/mol. The molecule has 1 heterocycles. The highest BCUT2D eigenvalue weighted by Gasteiger charge is 2.30. The molecule has 2 aliphatic carbocycles. The molecular weight excluding hydrogens is 272 g/mol. The molecule has 116 valence electrons. The molecule has 0 spiro atoms. The summed E-state index contributed by atoms with van der Waals surface area (Å²) in [6, 6.07) is 8.39. The van der Waals surface area contributed by atoms with E-state index in [0.717, 1.165) is 47.2 Å². The van der Waals surface area contributed by atoms with Crippen LogP contribution in [0.1, 0.15) is 36.8 Å². The number of hydrogen-bond donors (Lipinski definition) is 1. The van der Waals surface area contributed by atoms with Crippen LogP contribution in [0.25, 0.3) is 10.9 Å². The number of aliphatic hydroxyl groups is 1. The first kappa shape index (κ1) is 14.0. The summed E-state index contributed by atoms with van der Waals surface area (Å²) in [6.45, 7) is 4.39. The van der Waals surface area contributed by atoms with Crippen molar-refractivity contribution in [1.29, 1.82) is 0 Å². The van der Waals surface area contributed by atoms with Gasteiger partial charge in [-0.05, 0) is 56.1 Å². The summed E-state index contributed by atoms with van der Waals surface area (Å²) >= 11 is 0. The number of fused-ring (bicyclic) bond motifs is 1. The van der Waals surface area contributed by atoms with Gasteiger partial charge in [0, 0.05) is 24.0 Å². The van der Waals surface area contributed by atoms with Crippen molar-refractivity contribution >= 4 is 16.7 Å². The molecule has 3 heteroatoms. The molecule has 0 aliphatic heterocycles. The van der Waals surface area contributed by atoms with Gasteiger partial charge in [0.2, 0.25) is 0 Å². The van der Waals surface area contributed by atoms with E-state index in [2.05, 4.69) is 36.1 Å². The molecule has 0 saturated heterocycles. The number of aliphatic hydroxyl groups excluding tert-OH is 1. The normalized spacial score (nSPS) is 17.9. The molecule has 0 amide bonds. The summed E-state index contributed by atoms with van der Waals surface area (Å²) in [4.78, 5) is 7.42. The van der Waals surface area contributed by atoms with E-state index in [9.17, 15) is 5.11 Å². The van der Waals surface area contributed by atoms with Gasteiger partial charge in [0.05, 0.1) is 12.1 Å². The van der Waals surface area contributed by atoms with Crippen molar-refractivity contribution in [2.45, 2.75) is 39.2 Å². The highest BCUT2D eigenvalue weighted by Crippen LogP contribution is 2.37. The van der Waals surface area contributed by atoms with Gasteiger partial charge in [-0.3, -0.25) is 0 Å². The Hall–Kier alpha value is -1.61. The first-order valence-corrected chi connectivity index (χ1v) is 8.49. The van der Waals surface area contributed by atoms with Gasteiger partial charge in [0.25, 0.3) is 0 Å². The van der Waals surface area contributed by atoms with Gasteiger partial charge in [0.1, 0.15) is 5.82 Å². The van der Waals surface area contributed by atoms with E-state index in [4.69, 9.17) is 4.98 Å². The summed E-state index contributed by atoms with van der Waals surface area (Å²) in [5.41, 5.74) is 3.26. The fourth-order valence-corrected chi connectivity index (χ4v) is 3.24. The van der Waals surface area contributed by atoms with Crippen LogP contribution in [0.4, 0.5) is 5.82 Å². The van der Waals surface area contributed by atoms with E-state index in [0.29, 0.717) is 0 Å². The van der Waals surface area contributed by atoms with Crippen LogP contribution in [-0.4, -0.2) is 23.2 Å². The fourth-order valence-electron chi connectivity index (χ4n) is 3.24. The Morgan fingerprint density at radius 1 is 1.14 bits per heavy atom. The van der Waals surface area contributed by atoms with Crippen LogP contribution in [0.2, 0.25) is 0 Å². The molecule has 4 rings (SSSR count). The second-order valence-corrected chi connectivity index (χ2v) is 7.07. The van der Waals surface area contributed by atoms with Crippen molar-refractivity contribution in [2.24, 2.45) is 11.8 Å². The Labute approximate surface area is 132 Å². The number of hydrogen-bond acceptors (Lipinski definition) is 3. The van der Waals surface area contributed by atoms with Crippen molar-refractivity contribution in [3.63, 3.8) is 0 Å². The van der Waals surface area contributed by atoms with E-state index >= 15 is 0 Å². The molecule has 2 saturated carbocycles. The topological polar surface area (TPSA) is 36.4 Å².